The van der Waals surface area contributed by atoms with E-state index in [0.29, 0.717) is 19.7 Å². The molecule has 3 N–H and O–H groups in total. The number of rotatable bonds is 9. The van der Waals surface area contributed by atoms with Crippen molar-refractivity contribution in [3.05, 3.63) is 59.2 Å². The molecule has 29 heavy (non-hydrogen) atoms. The Morgan fingerprint density at radius 3 is 2.66 bits per heavy atom. The predicted molar refractivity (Wildman–Crippen MR) is 119 cm³/mol. The number of aliphatic imine (C=N–C) groups is 1. The highest BCUT2D eigenvalue weighted by Crippen LogP contribution is 2.20. The minimum atomic E-state index is -0.0835. The summed E-state index contributed by atoms with van der Waals surface area (Å²) >= 11 is 0. The minimum absolute atomic E-state index is 0.0835. The number of aryl methyl sites for hydroxylation is 1. The van der Waals surface area contributed by atoms with E-state index in [1.54, 1.807) is 0 Å². The largest absolute Gasteiger partial charge is 0.493 e. The molecule has 0 radical (unpaired) electrons. The van der Waals surface area contributed by atoms with Crippen molar-refractivity contribution in [1.29, 1.82) is 0 Å². The summed E-state index contributed by atoms with van der Waals surface area (Å²) in [5.41, 5.74) is 4.08. The summed E-state index contributed by atoms with van der Waals surface area (Å²) in [5.74, 6) is 1.57. The van der Waals surface area contributed by atoms with Gasteiger partial charge in [0, 0.05) is 31.3 Å². The average Bonchev–Trinajstić information content (AvgIpc) is 2.69. The van der Waals surface area contributed by atoms with Gasteiger partial charge in [0.15, 0.2) is 5.96 Å². The van der Waals surface area contributed by atoms with Crippen LogP contribution in [0.1, 0.15) is 43.9 Å². The molecule has 0 aliphatic carbocycles. The zero-order valence-electron chi connectivity index (χ0n) is 17.8. The maximum Gasteiger partial charge on any atom is 0.221 e. The number of carbonyl (C=O) groups is 1. The smallest absolute Gasteiger partial charge is 0.221 e. The molecule has 0 spiro atoms. The molecule has 2 aromatic rings. The third-order valence-corrected chi connectivity index (χ3v) is 4.14. The number of amides is 1. The molecule has 0 saturated carbocycles. The number of ether oxygens (including phenoxy) is 1. The second-order valence-electron chi connectivity index (χ2n) is 6.89. The number of hydrogen-bond acceptors (Lipinski definition) is 3. The van der Waals surface area contributed by atoms with Gasteiger partial charge in [-0.25, -0.2) is 4.99 Å². The van der Waals surface area contributed by atoms with Crippen LogP contribution in [0.15, 0.2) is 47.5 Å². The lowest BCUT2D eigenvalue weighted by atomic mass is 10.1. The first-order valence-corrected chi connectivity index (χ1v) is 10.1. The Morgan fingerprint density at radius 1 is 1.10 bits per heavy atom. The molecule has 0 aliphatic heterocycles. The van der Waals surface area contributed by atoms with Gasteiger partial charge >= 0.3 is 0 Å². The van der Waals surface area contributed by atoms with E-state index in [1.165, 1.54) is 12.5 Å². The summed E-state index contributed by atoms with van der Waals surface area (Å²) in [4.78, 5) is 15.9. The van der Waals surface area contributed by atoms with Crippen LogP contribution in [0.25, 0.3) is 0 Å². The molecular weight excluding hydrogens is 364 g/mol. The molecular formula is C23H32N4O2. The maximum absolute atomic E-state index is 11.2. The van der Waals surface area contributed by atoms with Gasteiger partial charge in [0.05, 0.1) is 13.2 Å². The van der Waals surface area contributed by atoms with Crippen molar-refractivity contribution in [2.75, 3.05) is 18.5 Å². The molecule has 0 fully saturated rings. The molecule has 0 unspecified atom stereocenters. The minimum Gasteiger partial charge on any atom is -0.493 e. The molecule has 0 aliphatic rings. The van der Waals surface area contributed by atoms with Crippen molar-refractivity contribution < 1.29 is 9.53 Å². The Bertz CT molecular complexity index is 833. The van der Waals surface area contributed by atoms with Crippen molar-refractivity contribution in [3.63, 3.8) is 0 Å². The Labute approximate surface area is 173 Å². The first kappa shape index (κ1) is 22.3. The Morgan fingerprint density at radius 2 is 1.93 bits per heavy atom. The number of anilines is 1. The third-order valence-electron chi connectivity index (χ3n) is 4.14. The first-order chi connectivity index (χ1) is 14.0. The number of benzene rings is 2. The zero-order chi connectivity index (χ0) is 21.1. The average molecular weight is 397 g/mol. The number of nitrogens with one attached hydrogen (secondary N) is 3. The summed E-state index contributed by atoms with van der Waals surface area (Å²) in [6.45, 7) is 10.3. The fourth-order valence-electron chi connectivity index (χ4n) is 2.80. The van der Waals surface area contributed by atoms with Gasteiger partial charge in [-0.1, -0.05) is 31.2 Å². The van der Waals surface area contributed by atoms with Crippen molar-refractivity contribution >= 4 is 17.6 Å². The number of nitrogens with zero attached hydrogens (tertiary/aromatic N) is 1. The third kappa shape index (κ3) is 7.86. The Kier molecular flexibility index (Phi) is 9.02. The van der Waals surface area contributed by atoms with Gasteiger partial charge in [-0.3, -0.25) is 4.79 Å². The normalized spacial score (nSPS) is 11.1. The van der Waals surface area contributed by atoms with Gasteiger partial charge in [0.25, 0.3) is 0 Å². The predicted octanol–water partition coefficient (Wildman–Crippen LogP) is 4.00. The van der Waals surface area contributed by atoms with Crippen molar-refractivity contribution in [2.24, 2.45) is 4.99 Å². The molecule has 156 valence electrons. The number of carbonyl (C=O) groups excluding carboxylic acids is 1. The van der Waals surface area contributed by atoms with Crippen molar-refractivity contribution in [1.82, 2.24) is 10.6 Å². The quantitative estimate of drug-likeness (QED) is 0.442. The van der Waals surface area contributed by atoms with Crippen LogP contribution in [0.3, 0.4) is 0 Å². The number of guanidine groups is 1. The van der Waals surface area contributed by atoms with Crippen LogP contribution >= 0.6 is 0 Å². The highest BCUT2D eigenvalue weighted by molar-refractivity contribution is 5.88. The maximum atomic E-state index is 11.2. The molecule has 6 nitrogen and oxygen atoms in total. The molecule has 1 amide bonds. The van der Waals surface area contributed by atoms with Crippen LogP contribution in [0.4, 0.5) is 5.69 Å². The van der Waals surface area contributed by atoms with E-state index in [1.807, 2.05) is 31.2 Å². The van der Waals surface area contributed by atoms with Crippen LogP contribution in [-0.4, -0.2) is 25.0 Å². The molecule has 2 aromatic carbocycles. The lowest BCUT2D eigenvalue weighted by Crippen LogP contribution is -2.36. The second-order valence-corrected chi connectivity index (χ2v) is 6.89. The molecule has 0 bridgehead atoms. The summed E-state index contributed by atoms with van der Waals surface area (Å²) < 4.78 is 5.90. The van der Waals surface area contributed by atoms with E-state index in [0.717, 1.165) is 41.5 Å². The summed E-state index contributed by atoms with van der Waals surface area (Å²) in [5, 5.41) is 9.45. The fourth-order valence-corrected chi connectivity index (χ4v) is 2.80. The zero-order valence-corrected chi connectivity index (χ0v) is 17.8. The lowest BCUT2D eigenvalue weighted by molar-refractivity contribution is -0.114. The molecule has 6 heteroatoms. The highest BCUT2D eigenvalue weighted by atomic mass is 16.5. The molecule has 0 atom stereocenters. The lowest BCUT2D eigenvalue weighted by Gasteiger charge is -2.15. The molecule has 2 rings (SSSR count). The van der Waals surface area contributed by atoms with E-state index in [9.17, 15) is 4.79 Å². The topological polar surface area (TPSA) is 74.8 Å². The monoisotopic (exact) mass is 396 g/mol. The van der Waals surface area contributed by atoms with Crippen LogP contribution in [0, 0.1) is 6.92 Å². The Hall–Kier alpha value is -3.02. The highest BCUT2D eigenvalue weighted by Gasteiger charge is 2.06. The second kappa shape index (κ2) is 11.7. The Balaban J connectivity index is 2.06. The van der Waals surface area contributed by atoms with Crippen molar-refractivity contribution in [3.8, 4) is 5.75 Å². The standard InChI is InChI=1S/C23H32N4O2/c1-5-12-29-22-13-17(3)10-11-20(22)16-26-23(24-6-2)25-15-19-8-7-9-21(14-19)27-18(4)28/h7-11,13-14H,5-6,12,15-16H2,1-4H3,(H,27,28)(H2,24,25,26). The van der Waals surface area contributed by atoms with Gasteiger partial charge in [-0.05, 0) is 49.6 Å². The fraction of sp³-hybridized carbons (Fsp3) is 0.391. The van der Waals surface area contributed by atoms with Crippen LogP contribution in [0.5, 0.6) is 5.75 Å². The summed E-state index contributed by atoms with van der Waals surface area (Å²) in [6, 6.07) is 14.0. The van der Waals surface area contributed by atoms with Crippen molar-refractivity contribution in [2.45, 2.75) is 47.2 Å². The van der Waals surface area contributed by atoms with E-state index in [-0.39, 0.29) is 5.91 Å². The molecule has 0 heterocycles. The van der Waals surface area contributed by atoms with Crippen LogP contribution < -0.4 is 20.7 Å². The number of hydrogen-bond donors (Lipinski definition) is 3. The van der Waals surface area contributed by atoms with Crippen LogP contribution in [-0.2, 0) is 17.9 Å². The van der Waals surface area contributed by atoms with E-state index in [2.05, 4.69) is 53.0 Å². The van der Waals surface area contributed by atoms with Gasteiger partial charge in [0.2, 0.25) is 5.91 Å². The SMILES string of the molecule is CCCOc1cc(C)ccc1CNC(=NCc1cccc(NC(C)=O)c1)NCC. The molecule has 0 saturated heterocycles. The van der Waals surface area contributed by atoms with Gasteiger partial charge in [-0.2, -0.15) is 0 Å². The van der Waals surface area contributed by atoms with Gasteiger partial charge in [-0.15, -0.1) is 0 Å². The first-order valence-electron chi connectivity index (χ1n) is 10.1. The summed E-state index contributed by atoms with van der Waals surface area (Å²) in [6.07, 6.45) is 0.975. The van der Waals surface area contributed by atoms with E-state index >= 15 is 0 Å². The van der Waals surface area contributed by atoms with Crippen LogP contribution in [0.2, 0.25) is 0 Å². The van der Waals surface area contributed by atoms with E-state index in [4.69, 9.17) is 4.74 Å². The van der Waals surface area contributed by atoms with Gasteiger partial charge < -0.3 is 20.7 Å². The van der Waals surface area contributed by atoms with E-state index < -0.39 is 0 Å². The molecule has 0 aromatic heterocycles. The van der Waals surface area contributed by atoms with Gasteiger partial charge in [0.1, 0.15) is 5.75 Å². The summed E-state index contributed by atoms with van der Waals surface area (Å²) in [7, 11) is 0.